The lowest BCUT2D eigenvalue weighted by Gasteiger charge is -2.25. The van der Waals surface area contributed by atoms with Crippen molar-refractivity contribution in [2.24, 2.45) is 11.8 Å². The number of aliphatic carboxylic acids is 1. The summed E-state index contributed by atoms with van der Waals surface area (Å²) >= 11 is 1.47. The molecule has 0 spiro atoms. The van der Waals surface area contributed by atoms with E-state index in [9.17, 15) is 9.59 Å². The molecule has 92 valence electrons. The zero-order valence-electron chi connectivity index (χ0n) is 9.39. The number of carboxylic acid groups (broad SMARTS) is 1. The zero-order valence-corrected chi connectivity index (χ0v) is 10.2. The SMILES string of the molecule is O=C(O)C1CCCC(C(=O)Nc2cccs2)C1. The van der Waals surface area contributed by atoms with Gasteiger partial charge < -0.3 is 10.4 Å². The molecule has 0 aliphatic heterocycles. The van der Waals surface area contributed by atoms with Crippen LogP contribution in [0.15, 0.2) is 17.5 Å². The van der Waals surface area contributed by atoms with Crippen molar-refractivity contribution in [1.29, 1.82) is 0 Å². The van der Waals surface area contributed by atoms with Crippen LogP contribution in [-0.4, -0.2) is 17.0 Å². The van der Waals surface area contributed by atoms with E-state index in [4.69, 9.17) is 5.11 Å². The molecular weight excluding hydrogens is 238 g/mol. The van der Waals surface area contributed by atoms with Crippen molar-refractivity contribution in [3.05, 3.63) is 17.5 Å². The average molecular weight is 253 g/mol. The average Bonchev–Trinajstić information content (AvgIpc) is 2.82. The number of rotatable bonds is 3. The molecule has 1 saturated carbocycles. The Balaban J connectivity index is 1.93. The Morgan fingerprint density at radius 3 is 2.76 bits per heavy atom. The van der Waals surface area contributed by atoms with Gasteiger partial charge in [-0.05, 0) is 36.8 Å². The second kappa shape index (κ2) is 5.31. The summed E-state index contributed by atoms with van der Waals surface area (Å²) in [5.41, 5.74) is 0. The van der Waals surface area contributed by atoms with Crippen LogP contribution in [0, 0.1) is 11.8 Å². The van der Waals surface area contributed by atoms with Crippen LogP contribution in [0.25, 0.3) is 0 Å². The number of amides is 1. The predicted molar refractivity (Wildman–Crippen MR) is 66.0 cm³/mol. The number of hydrogen-bond acceptors (Lipinski definition) is 3. The fraction of sp³-hybridized carbons (Fsp3) is 0.500. The number of hydrogen-bond donors (Lipinski definition) is 2. The monoisotopic (exact) mass is 253 g/mol. The van der Waals surface area contributed by atoms with Gasteiger partial charge in [-0.25, -0.2) is 0 Å². The second-order valence-electron chi connectivity index (χ2n) is 4.37. The molecule has 1 aromatic heterocycles. The van der Waals surface area contributed by atoms with Crippen LogP contribution in [0.1, 0.15) is 25.7 Å². The molecular formula is C12H15NO3S. The largest absolute Gasteiger partial charge is 0.481 e. The Kier molecular flexibility index (Phi) is 3.78. The minimum absolute atomic E-state index is 0.0431. The first-order chi connectivity index (χ1) is 8.16. The highest BCUT2D eigenvalue weighted by Gasteiger charge is 2.31. The molecule has 1 aromatic rings. The van der Waals surface area contributed by atoms with Crippen LogP contribution in [0.2, 0.25) is 0 Å². The van der Waals surface area contributed by atoms with E-state index in [-0.39, 0.29) is 17.7 Å². The summed E-state index contributed by atoms with van der Waals surface area (Å²) in [7, 11) is 0. The number of thiophene rings is 1. The molecule has 2 atom stereocenters. The molecule has 1 heterocycles. The fourth-order valence-electron chi connectivity index (χ4n) is 2.23. The highest BCUT2D eigenvalue weighted by Crippen LogP contribution is 2.30. The normalized spacial score (nSPS) is 24.2. The number of carboxylic acids is 1. The van der Waals surface area contributed by atoms with Gasteiger partial charge in [-0.15, -0.1) is 11.3 Å². The Morgan fingerprint density at radius 2 is 2.12 bits per heavy atom. The third-order valence-corrected chi connectivity index (χ3v) is 3.95. The van der Waals surface area contributed by atoms with Gasteiger partial charge in [0.15, 0.2) is 0 Å². The highest BCUT2D eigenvalue weighted by molar-refractivity contribution is 7.14. The van der Waals surface area contributed by atoms with Gasteiger partial charge in [0.25, 0.3) is 0 Å². The van der Waals surface area contributed by atoms with Gasteiger partial charge in [0.05, 0.1) is 10.9 Å². The third kappa shape index (κ3) is 3.06. The van der Waals surface area contributed by atoms with E-state index in [2.05, 4.69) is 5.32 Å². The molecule has 17 heavy (non-hydrogen) atoms. The molecule has 5 heteroatoms. The predicted octanol–water partition coefficient (Wildman–Crippen LogP) is 2.58. The first-order valence-corrected chi connectivity index (χ1v) is 6.62. The summed E-state index contributed by atoms with van der Waals surface area (Å²) in [5, 5.41) is 14.5. The maximum atomic E-state index is 11.9. The first-order valence-electron chi connectivity index (χ1n) is 5.74. The van der Waals surface area contributed by atoms with Gasteiger partial charge in [0.1, 0.15) is 0 Å². The molecule has 0 radical (unpaired) electrons. The summed E-state index contributed by atoms with van der Waals surface area (Å²) in [6.45, 7) is 0. The van der Waals surface area contributed by atoms with Crippen molar-refractivity contribution < 1.29 is 14.7 Å². The molecule has 0 saturated heterocycles. The summed E-state index contributed by atoms with van der Waals surface area (Å²) < 4.78 is 0. The molecule has 1 aliphatic rings. The van der Waals surface area contributed by atoms with Gasteiger partial charge in [0.2, 0.25) is 5.91 Å². The number of anilines is 1. The van der Waals surface area contributed by atoms with Crippen molar-refractivity contribution in [3.63, 3.8) is 0 Å². The molecule has 2 unspecified atom stereocenters. The summed E-state index contributed by atoms with van der Waals surface area (Å²) in [4.78, 5) is 22.8. The molecule has 2 rings (SSSR count). The van der Waals surface area contributed by atoms with Crippen molar-refractivity contribution in [1.82, 2.24) is 0 Å². The number of nitrogens with one attached hydrogen (secondary N) is 1. The Bertz CT molecular complexity index is 402. The second-order valence-corrected chi connectivity index (χ2v) is 5.31. The van der Waals surface area contributed by atoms with Crippen LogP contribution < -0.4 is 5.32 Å². The Morgan fingerprint density at radius 1 is 1.35 bits per heavy atom. The summed E-state index contributed by atoms with van der Waals surface area (Å²) in [6, 6.07) is 3.72. The van der Waals surface area contributed by atoms with E-state index in [1.807, 2.05) is 17.5 Å². The van der Waals surface area contributed by atoms with E-state index >= 15 is 0 Å². The molecule has 1 aliphatic carbocycles. The van der Waals surface area contributed by atoms with E-state index in [1.165, 1.54) is 11.3 Å². The van der Waals surface area contributed by atoms with E-state index in [0.29, 0.717) is 12.8 Å². The van der Waals surface area contributed by atoms with Crippen molar-refractivity contribution >= 4 is 28.2 Å². The molecule has 0 bridgehead atoms. The molecule has 4 nitrogen and oxygen atoms in total. The molecule has 1 amide bonds. The summed E-state index contributed by atoms with van der Waals surface area (Å²) in [6.07, 6.45) is 2.77. The van der Waals surface area contributed by atoms with Crippen LogP contribution >= 0.6 is 11.3 Å². The lowest BCUT2D eigenvalue weighted by Crippen LogP contribution is -2.30. The highest BCUT2D eigenvalue weighted by atomic mass is 32.1. The third-order valence-electron chi connectivity index (χ3n) is 3.16. The zero-order chi connectivity index (χ0) is 12.3. The van der Waals surface area contributed by atoms with Crippen molar-refractivity contribution in [2.75, 3.05) is 5.32 Å². The number of carbonyl (C=O) groups excluding carboxylic acids is 1. The van der Waals surface area contributed by atoms with Gasteiger partial charge in [-0.1, -0.05) is 6.42 Å². The van der Waals surface area contributed by atoms with Crippen molar-refractivity contribution in [3.8, 4) is 0 Å². The van der Waals surface area contributed by atoms with E-state index in [1.54, 1.807) is 0 Å². The molecule has 2 N–H and O–H groups in total. The Labute approximate surface area is 104 Å². The quantitative estimate of drug-likeness (QED) is 0.870. The van der Waals surface area contributed by atoms with Gasteiger partial charge >= 0.3 is 5.97 Å². The minimum atomic E-state index is -0.779. The number of carbonyl (C=O) groups is 2. The van der Waals surface area contributed by atoms with Crippen molar-refractivity contribution in [2.45, 2.75) is 25.7 Å². The van der Waals surface area contributed by atoms with Gasteiger partial charge in [0, 0.05) is 5.92 Å². The lowest BCUT2D eigenvalue weighted by molar-refractivity contribution is -0.143. The van der Waals surface area contributed by atoms with Crippen LogP contribution in [0.5, 0.6) is 0 Å². The fourth-order valence-corrected chi connectivity index (χ4v) is 2.85. The lowest BCUT2D eigenvalue weighted by atomic mass is 9.81. The Hall–Kier alpha value is -1.36. The van der Waals surface area contributed by atoms with E-state index < -0.39 is 5.97 Å². The van der Waals surface area contributed by atoms with Crippen LogP contribution in [0.3, 0.4) is 0 Å². The molecule has 1 fully saturated rings. The van der Waals surface area contributed by atoms with Gasteiger partial charge in [-0.2, -0.15) is 0 Å². The van der Waals surface area contributed by atoms with Crippen LogP contribution in [-0.2, 0) is 9.59 Å². The first kappa shape index (κ1) is 12.1. The standard InChI is InChI=1S/C12H15NO3S/c14-11(13-10-5-2-6-17-10)8-3-1-4-9(7-8)12(15)16/h2,5-6,8-9H,1,3-4,7H2,(H,13,14)(H,15,16). The minimum Gasteiger partial charge on any atom is -0.481 e. The smallest absolute Gasteiger partial charge is 0.306 e. The molecule has 0 aromatic carbocycles. The maximum absolute atomic E-state index is 11.9. The summed E-state index contributed by atoms with van der Waals surface area (Å²) in [5.74, 6) is -1.34. The maximum Gasteiger partial charge on any atom is 0.306 e. The van der Waals surface area contributed by atoms with Crippen LogP contribution in [0.4, 0.5) is 5.00 Å². The van der Waals surface area contributed by atoms with E-state index in [0.717, 1.165) is 17.8 Å². The van der Waals surface area contributed by atoms with Gasteiger partial charge in [-0.3, -0.25) is 9.59 Å². The topological polar surface area (TPSA) is 66.4 Å².